The van der Waals surface area contributed by atoms with Gasteiger partial charge in [-0.2, -0.15) is 0 Å². The zero-order chi connectivity index (χ0) is 14.7. The second kappa shape index (κ2) is 6.67. The molecule has 0 radical (unpaired) electrons. The van der Waals surface area contributed by atoms with Gasteiger partial charge in [-0.15, -0.1) is 11.8 Å². The van der Waals surface area contributed by atoms with E-state index in [0.29, 0.717) is 16.3 Å². The maximum absolute atomic E-state index is 12.3. The van der Waals surface area contributed by atoms with E-state index < -0.39 is 6.04 Å². The first-order valence-corrected chi connectivity index (χ1v) is 8.42. The topological polar surface area (TPSA) is 62.6 Å². The van der Waals surface area contributed by atoms with E-state index in [-0.39, 0.29) is 23.6 Å². The van der Waals surface area contributed by atoms with Crippen LogP contribution in [-0.4, -0.2) is 40.4 Å². The number of amides is 2. The van der Waals surface area contributed by atoms with Gasteiger partial charge in [0.05, 0.1) is 5.88 Å². The fourth-order valence-corrected chi connectivity index (χ4v) is 3.33. The molecular formula is C13H17BrN2O3S. The molecule has 5 nitrogen and oxygen atoms in total. The third-order valence-electron chi connectivity index (χ3n) is 3.23. The summed E-state index contributed by atoms with van der Waals surface area (Å²) in [5.41, 5.74) is 0. The molecule has 1 aromatic heterocycles. The highest BCUT2D eigenvalue weighted by Gasteiger charge is 2.36. The Balaban J connectivity index is 2.07. The molecule has 1 aromatic rings. The van der Waals surface area contributed by atoms with Crippen LogP contribution in [0, 0.1) is 0 Å². The van der Waals surface area contributed by atoms with Crippen LogP contribution in [0.1, 0.15) is 30.8 Å². The smallest absolute Gasteiger partial charge is 0.291 e. The van der Waals surface area contributed by atoms with E-state index >= 15 is 0 Å². The highest BCUT2D eigenvalue weighted by molar-refractivity contribution is 9.10. The number of carbonyl (C=O) groups is 2. The van der Waals surface area contributed by atoms with Crippen LogP contribution in [0.15, 0.2) is 21.2 Å². The summed E-state index contributed by atoms with van der Waals surface area (Å²) in [6.07, 6.45) is 0.866. The SMILES string of the molecule is CC[C@H](C)NC(=O)[C@@H]1CSCN1C(=O)c1ccc(Br)o1. The fraction of sp³-hybridized carbons (Fsp3) is 0.538. The van der Waals surface area contributed by atoms with E-state index in [1.165, 1.54) is 0 Å². The number of thioether (sulfide) groups is 1. The number of nitrogens with zero attached hydrogens (tertiary/aromatic N) is 1. The molecule has 20 heavy (non-hydrogen) atoms. The fourth-order valence-electron chi connectivity index (χ4n) is 1.87. The van der Waals surface area contributed by atoms with E-state index in [0.717, 1.165) is 6.42 Å². The van der Waals surface area contributed by atoms with E-state index in [9.17, 15) is 9.59 Å². The van der Waals surface area contributed by atoms with Crippen LogP contribution in [0.2, 0.25) is 0 Å². The second-order valence-electron chi connectivity index (χ2n) is 4.71. The van der Waals surface area contributed by atoms with Gasteiger partial charge in [0.1, 0.15) is 6.04 Å². The van der Waals surface area contributed by atoms with Gasteiger partial charge in [-0.1, -0.05) is 6.92 Å². The van der Waals surface area contributed by atoms with Crippen LogP contribution in [0.5, 0.6) is 0 Å². The van der Waals surface area contributed by atoms with Crippen molar-refractivity contribution >= 4 is 39.5 Å². The largest absolute Gasteiger partial charge is 0.444 e. The normalized spacial score (nSPS) is 19.9. The lowest BCUT2D eigenvalue weighted by molar-refractivity contribution is -0.125. The molecule has 2 rings (SSSR count). The molecule has 2 atom stereocenters. The summed E-state index contributed by atoms with van der Waals surface area (Å²) in [6.45, 7) is 3.97. The summed E-state index contributed by atoms with van der Waals surface area (Å²) in [6, 6.07) is 2.97. The van der Waals surface area contributed by atoms with Crippen LogP contribution in [0.25, 0.3) is 0 Å². The van der Waals surface area contributed by atoms with Gasteiger partial charge in [-0.25, -0.2) is 0 Å². The summed E-state index contributed by atoms with van der Waals surface area (Å²) >= 11 is 4.75. The van der Waals surface area contributed by atoms with Crippen molar-refractivity contribution in [1.82, 2.24) is 10.2 Å². The summed E-state index contributed by atoms with van der Waals surface area (Å²) < 4.78 is 5.78. The number of hydrogen-bond acceptors (Lipinski definition) is 4. The van der Waals surface area contributed by atoms with Crippen molar-refractivity contribution in [2.75, 3.05) is 11.6 Å². The summed E-state index contributed by atoms with van der Waals surface area (Å²) in [7, 11) is 0. The Morgan fingerprint density at radius 3 is 2.95 bits per heavy atom. The molecule has 2 amide bonds. The van der Waals surface area contributed by atoms with Crippen molar-refractivity contribution < 1.29 is 14.0 Å². The lowest BCUT2D eigenvalue weighted by atomic mass is 10.2. The number of nitrogens with one attached hydrogen (secondary N) is 1. The van der Waals surface area contributed by atoms with Gasteiger partial charge in [-0.05, 0) is 41.4 Å². The monoisotopic (exact) mass is 360 g/mol. The molecule has 2 heterocycles. The number of halogens is 1. The molecule has 0 aromatic carbocycles. The lowest BCUT2D eigenvalue weighted by Gasteiger charge is -2.23. The molecule has 0 bridgehead atoms. The Labute approximate surface area is 130 Å². The quantitative estimate of drug-likeness (QED) is 0.895. The minimum atomic E-state index is -0.426. The van der Waals surface area contributed by atoms with Gasteiger partial charge in [0.2, 0.25) is 5.91 Å². The summed E-state index contributed by atoms with van der Waals surface area (Å²) in [4.78, 5) is 26.1. The second-order valence-corrected chi connectivity index (χ2v) is 6.49. The molecular weight excluding hydrogens is 344 g/mol. The minimum absolute atomic E-state index is 0.0941. The summed E-state index contributed by atoms with van der Waals surface area (Å²) in [5.74, 6) is 1.04. The van der Waals surface area contributed by atoms with Crippen LogP contribution in [0.4, 0.5) is 0 Å². The maximum atomic E-state index is 12.3. The Bertz CT molecular complexity index is 506. The Kier molecular flexibility index (Phi) is 5.15. The van der Waals surface area contributed by atoms with Crippen molar-refractivity contribution in [2.24, 2.45) is 0 Å². The van der Waals surface area contributed by atoms with Crippen molar-refractivity contribution in [2.45, 2.75) is 32.4 Å². The third kappa shape index (κ3) is 3.38. The summed E-state index contributed by atoms with van der Waals surface area (Å²) in [5, 5.41) is 2.93. The highest BCUT2D eigenvalue weighted by Crippen LogP contribution is 2.25. The number of furan rings is 1. The number of carbonyl (C=O) groups excluding carboxylic acids is 2. The molecule has 1 aliphatic heterocycles. The van der Waals surface area contributed by atoms with Crippen molar-refractivity contribution in [3.63, 3.8) is 0 Å². The molecule has 1 N–H and O–H groups in total. The van der Waals surface area contributed by atoms with Crippen molar-refractivity contribution in [3.05, 3.63) is 22.6 Å². The van der Waals surface area contributed by atoms with E-state index in [1.807, 2.05) is 13.8 Å². The molecule has 0 unspecified atom stereocenters. The molecule has 1 aliphatic rings. The van der Waals surface area contributed by atoms with Gasteiger partial charge in [0, 0.05) is 11.8 Å². The van der Waals surface area contributed by atoms with Crippen LogP contribution >= 0.6 is 27.7 Å². The molecule has 0 aliphatic carbocycles. The van der Waals surface area contributed by atoms with Crippen LogP contribution in [-0.2, 0) is 4.79 Å². The van der Waals surface area contributed by atoms with E-state index in [4.69, 9.17) is 4.42 Å². The molecule has 1 saturated heterocycles. The Hall–Kier alpha value is -0.950. The molecule has 7 heteroatoms. The number of hydrogen-bond donors (Lipinski definition) is 1. The molecule has 1 fully saturated rings. The standard InChI is InChI=1S/C13H17BrN2O3S/c1-3-8(2)15-12(17)9-6-20-7-16(9)13(18)10-4-5-11(14)19-10/h4-5,8-9H,3,6-7H2,1-2H3,(H,15,17)/t8-,9-/m0/s1. The van der Waals surface area contributed by atoms with Crippen molar-refractivity contribution in [1.29, 1.82) is 0 Å². The van der Waals surface area contributed by atoms with Gasteiger partial charge in [0.15, 0.2) is 10.4 Å². The average Bonchev–Trinajstić information content (AvgIpc) is 3.06. The predicted molar refractivity (Wildman–Crippen MR) is 81.6 cm³/mol. The Morgan fingerprint density at radius 2 is 2.35 bits per heavy atom. The third-order valence-corrected chi connectivity index (χ3v) is 4.67. The molecule has 0 spiro atoms. The zero-order valence-corrected chi connectivity index (χ0v) is 13.8. The maximum Gasteiger partial charge on any atom is 0.291 e. The lowest BCUT2D eigenvalue weighted by Crippen LogP contribution is -2.49. The Morgan fingerprint density at radius 1 is 1.60 bits per heavy atom. The molecule has 0 saturated carbocycles. The number of rotatable bonds is 4. The average molecular weight is 361 g/mol. The van der Waals surface area contributed by atoms with E-state index in [2.05, 4.69) is 21.2 Å². The van der Waals surface area contributed by atoms with Gasteiger partial charge >= 0.3 is 0 Å². The van der Waals surface area contributed by atoms with Crippen LogP contribution in [0.3, 0.4) is 0 Å². The van der Waals surface area contributed by atoms with Gasteiger partial charge in [-0.3, -0.25) is 9.59 Å². The minimum Gasteiger partial charge on any atom is -0.444 e. The predicted octanol–water partition coefficient (Wildman–Crippen LogP) is 2.47. The first kappa shape index (κ1) is 15.4. The first-order chi connectivity index (χ1) is 9.52. The van der Waals surface area contributed by atoms with Gasteiger partial charge < -0.3 is 14.6 Å². The zero-order valence-electron chi connectivity index (χ0n) is 11.4. The van der Waals surface area contributed by atoms with Gasteiger partial charge in [0.25, 0.3) is 5.91 Å². The first-order valence-electron chi connectivity index (χ1n) is 6.47. The van der Waals surface area contributed by atoms with Crippen LogP contribution < -0.4 is 5.32 Å². The van der Waals surface area contributed by atoms with Crippen molar-refractivity contribution in [3.8, 4) is 0 Å². The van der Waals surface area contributed by atoms with E-state index in [1.54, 1.807) is 28.8 Å². The highest BCUT2D eigenvalue weighted by atomic mass is 79.9. The molecule has 110 valence electrons.